The number of nitrogens with zero attached hydrogens (tertiary/aromatic N) is 2. The van der Waals surface area contributed by atoms with Crippen molar-refractivity contribution in [1.29, 1.82) is 0 Å². The maximum atomic E-state index is 12.4. The van der Waals surface area contributed by atoms with Gasteiger partial charge in [-0.2, -0.15) is 0 Å². The molecule has 0 bridgehead atoms. The number of hydrogen-bond donors (Lipinski definition) is 1. The third-order valence-corrected chi connectivity index (χ3v) is 6.84. The molecular formula is C21H33N3O4S. The largest absolute Gasteiger partial charge is 0.339 e. The molecule has 1 heterocycles. The fraction of sp³-hybridized carbons (Fsp3) is 0.619. The Labute approximate surface area is 174 Å². The number of anilines is 1. The van der Waals surface area contributed by atoms with Gasteiger partial charge in [-0.15, -0.1) is 0 Å². The van der Waals surface area contributed by atoms with E-state index in [9.17, 15) is 18.0 Å². The minimum absolute atomic E-state index is 0.0744. The number of amides is 2. The third-order valence-electron chi connectivity index (χ3n) is 5.24. The number of rotatable bonds is 9. The van der Waals surface area contributed by atoms with E-state index in [2.05, 4.69) is 5.32 Å². The van der Waals surface area contributed by atoms with Crippen LogP contribution in [0.25, 0.3) is 0 Å². The number of aryl methyl sites for hydroxylation is 2. The summed E-state index contributed by atoms with van der Waals surface area (Å²) in [6.45, 7) is 8.20. The molecule has 1 aliphatic rings. The van der Waals surface area contributed by atoms with Gasteiger partial charge in [0.25, 0.3) is 0 Å². The predicted molar refractivity (Wildman–Crippen MR) is 116 cm³/mol. The number of piperazine rings is 1. The van der Waals surface area contributed by atoms with Gasteiger partial charge in [-0.05, 0) is 31.4 Å². The Bertz CT molecular complexity index is 795. The van der Waals surface area contributed by atoms with E-state index in [4.69, 9.17) is 0 Å². The van der Waals surface area contributed by atoms with Crippen molar-refractivity contribution in [2.75, 3.05) is 49.5 Å². The van der Waals surface area contributed by atoms with E-state index in [1.807, 2.05) is 43.9 Å². The first-order chi connectivity index (χ1) is 13.7. The van der Waals surface area contributed by atoms with E-state index in [1.165, 1.54) is 0 Å². The van der Waals surface area contributed by atoms with Crippen LogP contribution < -0.4 is 5.32 Å². The molecule has 2 amide bonds. The van der Waals surface area contributed by atoms with Crippen molar-refractivity contribution in [1.82, 2.24) is 9.80 Å². The molecule has 0 aromatic heterocycles. The standard InChI is InChI=1S/C21H33N3O4S/c1-4-5-6-14-29(27,28)16-20(26)24-12-10-23(11-13-24)15-19(25)22-21-17(2)8-7-9-18(21)3/h7-9H,4-6,10-16H2,1-3H3,(H,22,25). The molecule has 0 atom stereocenters. The Morgan fingerprint density at radius 2 is 1.66 bits per heavy atom. The average Bonchev–Trinajstić information content (AvgIpc) is 2.65. The first-order valence-corrected chi connectivity index (χ1v) is 12.1. The summed E-state index contributed by atoms with van der Waals surface area (Å²) in [6, 6.07) is 5.88. The lowest BCUT2D eigenvalue weighted by atomic mass is 10.1. The van der Waals surface area contributed by atoms with Crippen LogP contribution in [0.5, 0.6) is 0 Å². The Morgan fingerprint density at radius 1 is 1.03 bits per heavy atom. The quantitative estimate of drug-likeness (QED) is 0.614. The second-order valence-electron chi connectivity index (χ2n) is 7.77. The van der Waals surface area contributed by atoms with Crippen molar-refractivity contribution < 1.29 is 18.0 Å². The lowest BCUT2D eigenvalue weighted by molar-refractivity contribution is -0.130. The van der Waals surface area contributed by atoms with Gasteiger partial charge in [-0.3, -0.25) is 14.5 Å². The highest BCUT2D eigenvalue weighted by molar-refractivity contribution is 7.92. The number of carbonyl (C=O) groups is 2. The average molecular weight is 424 g/mol. The van der Waals surface area contributed by atoms with E-state index < -0.39 is 15.6 Å². The molecule has 162 valence electrons. The van der Waals surface area contributed by atoms with Gasteiger partial charge in [-0.1, -0.05) is 38.0 Å². The second kappa shape index (κ2) is 10.7. The highest BCUT2D eigenvalue weighted by Crippen LogP contribution is 2.19. The second-order valence-corrected chi connectivity index (χ2v) is 9.96. The van der Waals surface area contributed by atoms with Crippen LogP contribution in [-0.4, -0.2) is 74.3 Å². The van der Waals surface area contributed by atoms with Crippen molar-refractivity contribution in [3.8, 4) is 0 Å². The van der Waals surface area contributed by atoms with Crippen molar-refractivity contribution in [3.63, 3.8) is 0 Å². The zero-order valence-corrected chi connectivity index (χ0v) is 18.6. The normalized spacial score (nSPS) is 15.3. The van der Waals surface area contributed by atoms with Gasteiger partial charge in [0.1, 0.15) is 5.75 Å². The number of unbranched alkanes of at least 4 members (excludes halogenated alkanes) is 2. The highest BCUT2D eigenvalue weighted by atomic mass is 32.2. The zero-order valence-electron chi connectivity index (χ0n) is 17.7. The molecule has 1 saturated heterocycles. The van der Waals surface area contributed by atoms with Gasteiger partial charge in [0.2, 0.25) is 11.8 Å². The molecule has 1 aliphatic heterocycles. The van der Waals surface area contributed by atoms with Crippen molar-refractivity contribution >= 4 is 27.3 Å². The van der Waals surface area contributed by atoms with Crippen LogP contribution in [0.15, 0.2) is 18.2 Å². The van der Waals surface area contributed by atoms with E-state index in [-0.39, 0.29) is 24.1 Å². The fourth-order valence-electron chi connectivity index (χ4n) is 3.47. The molecule has 1 aromatic carbocycles. The number of sulfone groups is 1. The predicted octanol–water partition coefficient (Wildman–Crippen LogP) is 1.99. The van der Waals surface area contributed by atoms with Crippen LogP contribution in [0, 0.1) is 13.8 Å². The topological polar surface area (TPSA) is 86.8 Å². The van der Waals surface area contributed by atoms with Crippen molar-refractivity contribution in [3.05, 3.63) is 29.3 Å². The monoisotopic (exact) mass is 423 g/mol. The molecular weight excluding hydrogens is 390 g/mol. The summed E-state index contributed by atoms with van der Waals surface area (Å²) in [5.74, 6) is -0.753. The first-order valence-electron chi connectivity index (χ1n) is 10.3. The summed E-state index contributed by atoms with van der Waals surface area (Å²) in [7, 11) is -3.35. The summed E-state index contributed by atoms with van der Waals surface area (Å²) in [5, 5.41) is 2.97. The van der Waals surface area contributed by atoms with Gasteiger partial charge in [0, 0.05) is 31.9 Å². The van der Waals surface area contributed by atoms with Gasteiger partial charge >= 0.3 is 0 Å². The van der Waals surface area contributed by atoms with E-state index in [0.29, 0.717) is 32.6 Å². The van der Waals surface area contributed by atoms with Gasteiger partial charge < -0.3 is 10.2 Å². The van der Waals surface area contributed by atoms with Crippen LogP contribution in [-0.2, 0) is 19.4 Å². The van der Waals surface area contributed by atoms with Crippen LogP contribution in [0.1, 0.15) is 37.3 Å². The lowest BCUT2D eigenvalue weighted by Gasteiger charge is -2.34. The van der Waals surface area contributed by atoms with Crippen molar-refractivity contribution in [2.45, 2.75) is 40.0 Å². The molecule has 0 radical (unpaired) electrons. The molecule has 0 spiro atoms. The summed E-state index contributed by atoms with van der Waals surface area (Å²) in [6.07, 6.45) is 2.41. The highest BCUT2D eigenvalue weighted by Gasteiger charge is 2.26. The van der Waals surface area contributed by atoms with Crippen LogP contribution in [0.4, 0.5) is 5.69 Å². The third kappa shape index (κ3) is 7.44. The molecule has 7 nitrogen and oxygen atoms in total. The molecule has 2 rings (SSSR count). The van der Waals surface area contributed by atoms with E-state index in [0.717, 1.165) is 29.7 Å². The van der Waals surface area contributed by atoms with Gasteiger partial charge in [0.05, 0.1) is 12.3 Å². The maximum Gasteiger partial charge on any atom is 0.238 e. The Balaban J connectivity index is 1.78. The summed E-state index contributed by atoms with van der Waals surface area (Å²) >= 11 is 0. The first kappa shape index (κ1) is 23.3. The molecule has 0 aliphatic carbocycles. The van der Waals surface area contributed by atoms with Crippen LogP contribution >= 0.6 is 0 Å². The molecule has 1 N–H and O–H groups in total. The minimum atomic E-state index is -3.35. The maximum absolute atomic E-state index is 12.4. The number of para-hydroxylation sites is 1. The Hall–Kier alpha value is -1.93. The van der Waals surface area contributed by atoms with E-state index >= 15 is 0 Å². The zero-order chi connectivity index (χ0) is 21.4. The van der Waals surface area contributed by atoms with Crippen molar-refractivity contribution in [2.24, 2.45) is 0 Å². The summed E-state index contributed by atoms with van der Waals surface area (Å²) < 4.78 is 24.2. The smallest absolute Gasteiger partial charge is 0.238 e. The molecule has 0 saturated carbocycles. The van der Waals surface area contributed by atoms with Crippen LogP contribution in [0.3, 0.4) is 0 Å². The molecule has 1 aromatic rings. The summed E-state index contributed by atoms with van der Waals surface area (Å²) in [4.78, 5) is 28.3. The molecule has 0 unspecified atom stereocenters. The molecule has 8 heteroatoms. The number of carbonyl (C=O) groups excluding carboxylic acids is 2. The van der Waals surface area contributed by atoms with Gasteiger partial charge in [-0.25, -0.2) is 8.42 Å². The number of benzene rings is 1. The Morgan fingerprint density at radius 3 is 2.24 bits per heavy atom. The lowest BCUT2D eigenvalue weighted by Crippen LogP contribution is -2.51. The Kier molecular flexibility index (Phi) is 8.64. The number of nitrogens with one attached hydrogen (secondary N) is 1. The minimum Gasteiger partial charge on any atom is -0.339 e. The fourth-order valence-corrected chi connectivity index (χ4v) is 4.82. The van der Waals surface area contributed by atoms with E-state index in [1.54, 1.807) is 4.90 Å². The molecule has 29 heavy (non-hydrogen) atoms. The van der Waals surface area contributed by atoms with Gasteiger partial charge in [0.15, 0.2) is 9.84 Å². The SMILES string of the molecule is CCCCCS(=O)(=O)CC(=O)N1CCN(CC(=O)Nc2c(C)cccc2C)CC1. The van der Waals surface area contributed by atoms with Crippen LogP contribution in [0.2, 0.25) is 0 Å². The summed E-state index contributed by atoms with van der Waals surface area (Å²) in [5.41, 5.74) is 2.89. The number of hydrogen-bond acceptors (Lipinski definition) is 5. The molecule has 1 fully saturated rings.